The number of carbonyl (C=O) groups is 2. The van der Waals surface area contributed by atoms with Crippen LogP contribution in [0.5, 0.6) is 0 Å². The highest BCUT2D eigenvalue weighted by Gasteiger charge is 2.27. The van der Waals surface area contributed by atoms with Crippen LogP contribution in [0, 0.1) is 0 Å². The van der Waals surface area contributed by atoms with Crippen LogP contribution >= 0.6 is 11.3 Å². The molecule has 0 saturated carbocycles. The summed E-state index contributed by atoms with van der Waals surface area (Å²) in [4.78, 5) is 28.7. The molecular weight excluding hydrogens is 388 g/mol. The van der Waals surface area contributed by atoms with Crippen LogP contribution in [0.2, 0.25) is 0 Å². The van der Waals surface area contributed by atoms with Crippen LogP contribution in [0.1, 0.15) is 49.6 Å². The minimum atomic E-state index is -0.374. The summed E-state index contributed by atoms with van der Waals surface area (Å²) in [6.45, 7) is 4.26. The number of rotatable bonds is 5. The SMILES string of the molecule is COC(=O)c1c(NC(=O)c2ccc(CN3CCOCC3)cc2)sc2c1CCCC2. The van der Waals surface area contributed by atoms with Gasteiger partial charge in [0.2, 0.25) is 0 Å². The third-order valence-corrected chi connectivity index (χ3v) is 6.72. The van der Waals surface area contributed by atoms with Gasteiger partial charge < -0.3 is 14.8 Å². The van der Waals surface area contributed by atoms with Gasteiger partial charge in [0.25, 0.3) is 5.91 Å². The van der Waals surface area contributed by atoms with Crippen molar-refractivity contribution in [3.63, 3.8) is 0 Å². The second kappa shape index (κ2) is 9.07. The molecule has 0 spiro atoms. The molecule has 1 N–H and O–H groups in total. The van der Waals surface area contributed by atoms with Crippen molar-refractivity contribution >= 4 is 28.2 Å². The average molecular weight is 415 g/mol. The monoisotopic (exact) mass is 414 g/mol. The van der Waals surface area contributed by atoms with Gasteiger partial charge >= 0.3 is 5.97 Å². The van der Waals surface area contributed by atoms with E-state index in [1.54, 1.807) is 0 Å². The Kier molecular flexibility index (Phi) is 6.28. The van der Waals surface area contributed by atoms with Gasteiger partial charge in [-0.15, -0.1) is 11.3 Å². The zero-order chi connectivity index (χ0) is 20.2. The third kappa shape index (κ3) is 4.52. The molecule has 1 amide bonds. The van der Waals surface area contributed by atoms with E-state index >= 15 is 0 Å². The molecule has 0 unspecified atom stereocenters. The van der Waals surface area contributed by atoms with Gasteiger partial charge in [-0.3, -0.25) is 9.69 Å². The van der Waals surface area contributed by atoms with Crippen molar-refractivity contribution in [3.8, 4) is 0 Å². The van der Waals surface area contributed by atoms with Crippen molar-refractivity contribution in [1.82, 2.24) is 4.90 Å². The summed E-state index contributed by atoms with van der Waals surface area (Å²) < 4.78 is 10.4. The summed E-state index contributed by atoms with van der Waals surface area (Å²) in [6.07, 6.45) is 4.00. The van der Waals surface area contributed by atoms with Gasteiger partial charge in [0.1, 0.15) is 5.00 Å². The quantitative estimate of drug-likeness (QED) is 0.759. The molecule has 1 aliphatic carbocycles. The highest BCUT2D eigenvalue weighted by atomic mass is 32.1. The number of carbonyl (C=O) groups excluding carboxylic acids is 2. The molecule has 0 atom stereocenters. The van der Waals surface area contributed by atoms with E-state index in [1.807, 2.05) is 24.3 Å². The minimum absolute atomic E-state index is 0.202. The van der Waals surface area contributed by atoms with E-state index in [9.17, 15) is 9.59 Å². The summed E-state index contributed by atoms with van der Waals surface area (Å²) in [5.41, 5.74) is 3.33. The third-order valence-electron chi connectivity index (χ3n) is 5.51. The number of hydrogen-bond donors (Lipinski definition) is 1. The molecular formula is C22H26N2O4S. The van der Waals surface area contributed by atoms with Crippen LogP contribution in [0.25, 0.3) is 0 Å². The minimum Gasteiger partial charge on any atom is -0.465 e. The zero-order valence-corrected chi connectivity index (χ0v) is 17.5. The van der Waals surface area contributed by atoms with Gasteiger partial charge in [-0.25, -0.2) is 4.79 Å². The molecule has 7 heteroatoms. The first-order valence-corrected chi connectivity index (χ1v) is 10.9. The van der Waals surface area contributed by atoms with E-state index < -0.39 is 0 Å². The van der Waals surface area contributed by atoms with Crippen molar-refractivity contribution in [3.05, 3.63) is 51.4 Å². The Morgan fingerprint density at radius 3 is 2.59 bits per heavy atom. The highest BCUT2D eigenvalue weighted by Crippen LogP contribution is 2.38. The second-order valence-electron chi connectivity index (χ2n) is 7.45. The van der Waals surface area contributed by atoms with E-state index in [-0.39, 0.29) is 11.9 Å². The molecule has 29 heavy (non-hydrogen) atoms. The lowest BCUT2D eigenvalue weighted by Gasteiger charge is -2.26. The van der Waals surface area contributed by atoms with Crippen LogP contribution < -0.4 is 5.32 Å². The Hall–Kier alpha value is -2.22. The lowest BCUT2D eigenvalue weighted by Crippen LogP contribution is -2.35. The van der Waals surface area contributed by atoms with Crippen LogP contribution in [-0.2, 0) is 28.9 Å². The zero-order valence-electron chi connectivity index (χ0n) is 16.7. The number of methoxy groups -OCH3 is 1. The summed E-state index contributed by atoms with van der Waals surface area (Å²) in [5.74, 6) is -0.577. The van der Waals surface area contributed by atoms with Crippen molar-refractivity contribution in [1.29, 1.82) is 0 Å². The fraction of sp³-hybridized carbons (Fsp3) is 0.455. The molecule has 2 heterocycles. The molecule has 4 rings (SSSR count). The van der Waals surface area contributed by atoms with Crippen LogP contribution in [-0.4, -0.2) is 50.2 Å². The Balaban J connectivity index is 1.48. The maximum absolute atomic E-state index is 12.8. The number of thiophene rings is 1. The Bertz CT molecular complexity index is 885. The predicted octanol–water partition coefficient (Wildman–Crippen LogP) is 3.50. The second-order valence-corrected chi connectivity index (χ2v) is 8.55. The summed E-state index contributed by atoms with van der Waals surface area (Å²) in [5, 5.41) is 3.55. The molecule has 1 aliphatic heterocycles. The van der Waals surface area contributed by atoms with Gasteiger partial charge in [0.05, 0.1) is 25.9 Å². The normalized spacial score (nSPS) is 16.9. The van der Waals surface area contributed by atoms with E-state index in [0.29, 0.717) is 16.1 Å². The lowest BCUT2D eigenvalue weighted by molar-refractivity contribution is 0.0342. The maximum Gasteiger partial charge on any atom is 0.341 e. The number of benzene rings is 1. The summed E-state index contributed by atoms with van der Waals surface area (Å²) >= 11 is 1.50. The first-order valence-electron chi connectivity index (χ1n) is 10.1. The molecule has 1 saturated heterocycles. The largest absolute Gasteiger partial charge is 0.465 e. The van der Waals surface area contributed by atoms with Gasteiger partial charge in [-0.05, 0) is 48.9 Å². The van der Waals surface area contributed by atoms with E-state index in [1.165, 1.54) is 28.9 Å². The molecule has 0 bridgehead atoms. The number of nitrogens with zero attached hydrogens (tertiary/aromatic N) is 1. The molecule has 6 nitrogen and oxygen atoms in total. The number of aryl methyl sites for hydroxylation is 1. The number of amides is 1. The number of hydrogen-bond acceptors (Lipinski definition) is 6. The maximum atomic E-state index is 12.8. The van der Waals surface area contributed by atoms with Gasteiger partial charge in [0, 0.05) is 30.1 Å². The standard InChI is InChI=1S/C22H26N2O4S/c1-27-22(26)19-17-4-2-3-5-18(17)29-21(19)23-20(25)16-8-6-15(7-9-16)14-24-10-12-28-13-11-24/h6-9H,2-5,10-14H2,1H3,(H,23,25). The van der Waals surface area contributed by atoms with Gasteiger partial charge in [0.15, 0.2) is 0 Å². The van der Waals surface area contributed by atoms with Crippen molar-refractivity contribution < 1.29 is 19.1 Å². The first-order chi connectivity index (χ1) is 14.2. The van der Waals surface area contributed by atoms with Crippen LogP contribution in [0.15, 0.2) is 24.3 Å². The lowest BCUT2D eigenvalue weighted by atomic mass is 9.95. The number of morpholine rings is 1. The van der Waals surface area contributed by atoms with E-state index in [2.05, 4.69) is 10.2 Å². The Labute approximate surface area is 174 Å². The molecule has 1 aromatic heterocycles. The number of nitrogens with one attached hydrogen (secondary N) is 1. The van der Waals surface area contributed by atoms with Crippen molar-refractivity contribution in [2.75, 3.05) is 38.7 Å². The van der Waals surface area contributed by atoms with E-state index in [0.717, 1.165) is 64.1 Å². The average Bonchev–Trinajstić information content (AvgIpc) is 3.12. The smallest absolute Gasteiger partial charge is 0.341 e. The number of anilines is 1. The number of fused-ring (bicyclic) bond motifs is 1. The first kappa shape index (κ1) is 20.1. The van der Waals surface area contributed by atoms with Crippen molar-refractivity contribution in [2.45, 2.75) is 32.2 Å². The van der Waals surface area contributed by atoms with E-state index in [4.69, 9.17) is 9.47 Å². The summed E-state index contributed by atoms with van der Waals surface area (Å²) in [7, 11) is 1.38. The summed E-state index contributed by atoms with van der Waals surface area (Å²) in [6, 6.07) is 7.67. The molecule has 2 aromatic rings. The fourth-order valence-electron chi connectivity index (χ4n) is 3.93. The molecule has 0 radical (unpaired) electrons. The number of esters is 1. The Morgan fingerprint density at radius 2 is 1.86 bits per heavy atom. The molecule has 1 aromatic carbocycles. The predicted molar refractivity (Wildman–Crippen MR) is 113 cm³/mol. The molecule has 2 aliphatic rings. The fourth-order valence-corrected chi connectivity index (χ4v) is 5.20. The topological polar surface area (TPSA) is 67.9 Å². The van der Waals surface area contributed by atoms with Crippen LogP contribution in [0.3, 0.4) is 0 Å². The highest BCUT2D eigenvalue weighted by molar-refractivity contribution is 7.17. The molecule has 154 valence electrons. The number of ether oxygens (including phenoxy) is 2. The Morgan fingerprint density at radius 1 is 1.14 bits per heavy atom. The van der Waals surface area contributed by atoms with Crippen LogP contribution in [0.4, 0.5) is 5.00 Å². The van der Waals surface area contributed by atoms with Gasteiger partial charge in [-0.1, -0.05) is 12.1 Å². The van der Waals surface area contributed by atoms with Gasteiger partial charge in [-0.2, -0.15) is 0 Å². The molecule has 1 fully saturated rings. The van der Waals surface area contributed by atoms with Crippen molar-refractivity contribution in [2.24, 2.45) is 0 Å².